The second kappa shape index (κ2) is 7.17. The van der Waals surface area contributed by atoms with Gasteiger partial charge in [0.25, 0.3) is 5.91 Å². The Labute approximate surface area is 170 Å². The van der Waals surface area contributed by atoms with Crippen molar-refractivity contribution in [3.05, 3.63) is 51.4 Å². The van der Waals surface area contributed by atoms with Gasteiger partial charge in [-0.15, -0.1) is 0 Å². The van der Waals surface area contributed by atoms with Crippen LogP contribution in [0.2, 0.25) is 0 Å². The highest BCUT2D eigenvalue weighted by Crippen LogP contribution is 2.32. The molecule has 0 radical (unpaired) electrons. The monoisotopic (exact) mass is 396 g/mol. The number of rotatable bonds is 6. The highest BCUT2D eigenvalue weighted by atomic mass is 16.5. The minimum Gasteiger partial charge on any atom is -0.361 e. The van der Waals surface area contributed by atoms with Crippen molar-refractivity contribution in [2.45, 2.75) is 66.6 Å². The molecule has 0 unspecified atom stereocenters. The van der Waals surface area contributed by atoms with Gasteiger partial charge >= 0.3 is 0 Å². The molecule has 3 aromatic rings. The van der Waals surface area contributed by atoms with E-state index >= 15 is 0 Å². The van der Waals surface area contributed by atoms with Crippen LogP contribution in [0, 0.1) is 34.6 Å². The zero-order chi connectivity index (χ0) is 20.9. The van der Waals surface area contributed by atoms with Crippen LogP contribution in [0.25, 0.3) is 0 Å². The predicted octanol–water partition coefficient (Wildman–Crippen LogP) is 3.00. The van der Waals surface area contributed by atoms with E-state index in [1.54, 1.807) is 0 Å². The molecule has 0 aliphatic heterocycles. The molecule has 154 valence electrons. The smallest absolute Gasteiger partial charge is 0.276 e. The van der Waals surface area contributed by atoms with Crippen LogP contribution in [0.15, 0.2) is 10.6 Å². The summed E-state index contributed by atoms with van der Waals surface area (Å²) in [5.74, 6) is 0.578. The second-order valence-corrected chi connectivity index (χ2v) is 8.09. The van der Waals surface area contributed by atoms with Crippen LogP contribution < -0.4 is 0 Å². The second-order valence-electron chi connectivity index (χ2n) is 8.09. The van der Waals surface area contributed by atoms with Gasteiger partial charge in [-0.1, -0.05) is 5.16 Å². The molecule has 1 fully saturated rings. The van der Waals surface area contributed by atoms with Gasteiger partial charge in [0.05, 0.1) is 17.9 Å². The van der Waals surface area contributed by atoms with Gasteiger partial charge in [-0.05, 0) is 53.5 Å². The quantitative estimate of drug-likeness (QED) is 0.640. The summed E-state index contributed by atoms with van der Waals surface area (Å²) in [6.45, 7) is 10.9. The van der Waals surface area contributed by atoms with Gasteiger partial charge in [0.2, 0.25) is 0 Å². The van der Waals surface area contributed by atoms with Gasteiger partial charge < -0.3 is 9.42 Å². The summed E-state index contributed by atoms with van der Waals surface area (Å²) in [7, 11) is 1.93. The number of aryl methyl sites for hydroxylation is 5. The maximum atomic E-state index is 13.5. The van der Waals surface area contributed by atoms with Crippen molar-refractivity contribution in [3.63, 3.8) is 0 Å². The van der Waals surface area contributed by atoms with E-state index in [1.807, 2.05) is 62.0 Å². The zero-order valence-corrected chi connectivity index (χ0v) is 18.0. The predicted molar refractivity (Wildman–Crippen MR) is 108 cm³/mol. The lowest BCUT2D eigenvalue weighted by atomic mass is 10.1. The topological polar surface area (TPSA) is 82.0 Å². The Hall–Kier alpha value is -2.90. The molecule has 1 saturated carbocycles. The summed E-state index contributed by atoms with van der Waals surface area (Å²) in [5, 5.41) is 13.2. The van der Waals surface area contributed by atoms with Gasteiger partial charge in [-0.3, -0.25) is 14.2 Å². The minimum atomic E-state index is -0.0801. The maximum Gasteiger partial charge on any atom is 0.276 e. The molecule has 1 aliphatic rings. The molecular formula is C21H28N6O2. The number of aromatic nitrogens is 5. The van der Waals surface area contributed by atoms with Crippen molar-refractivity contribution >= 4 is 5.91 Å². The largest absolute Gasteiger partial charge is 0.361 e. The van der Waals surface area contributed by atoms with Crippen molar-refractivity contribution in [2.24, 2.45) is 7.05 Å². The molecule has 8 heteroatoms. The highest BCUT2D eigenvalue weighted by molar-refractivity contribution is 5.94. The van der Waals surface area contributed by atoms with Crippen LogP contribution in [0.1, 0.15) is 63.0 Å². The molecule has 0 atom stereocenters. The Morgan fingerprint density at radius 2 is 1.90 bits per heavy atom. The zero-order valence-electron chi connectivity index (χ0n) is 18.0. The molecular weight excluding hydrogens is 368 g/mol. The SMILES string of the molecule is Cc1cc(C)n(Cc2c(C(=O)N(Cc3c(C)nn(C)c3C)C3CC3)noc2C)n1. The minimum absolute atomic E-state index is 0.0801. The van der Waals surface area contributed by atoms with Crippen molar-refractivity contribution in [1.29, 1.82) is 0 Å². The van der Waals surface area contributed by atoms with Crippen molar-refractivity contribution < 1.29 is 9.32 Å². The fourth-order valence-electron chi connectivity index (χ4n) is 3.84. The Morgan fingerprint density at radius 1 is 1.17 bits per heavy atom. The summed E-state index contributed by atoms with van der Waals surface area (Å²) in [4.78, 5) is 15.5. The number of hydrogen-bond donors (Lipinski definition) is 0. The van der Waals surface area contributed by atoms with Crippen molar-refractivity contribution in [1.82, 2.24) is 29.6 Å². The molecule has 3 aromatic heterocycles. The summed E-state index contributed by atoms with van der Waals surface area (Å²) in [6.07, 6.45) is 2.04. The van der Waals surface area contributed by atoms with Crippen LogP contribution in [-0.4, -0.2) is 41.6 Å². The highest BCUT2D eigenvalue weighted by Gasteiger charge is 2.36. The van der Waals surface area contributed by atoms with Crippen LogP contribution >= 0.6 is 0 Å². The number of amides is 1. The third-order valence-electron chi connectivity index (χ3n) is 5.83. The molecule has 0 spiro atoms. The Balaban J connectivity index is 1.65. The molecule has 0 bridgehead atoms. The van der Waals surface area contributed by atoms with Crippen molar-refractivity contribution in [3.8, 4) is 0 Å². The first-order valence-electron chi connectivity index (χ1n) is 10.0. The van der Waals surface area contributed by atoms with Gasteiger partial charge in [-0.2, -0.15) is 10.2 Å². The lowest BCUT2D eigenvalue weighted by Gasteiger charge is -2.22. The molecule has 1 aliphatic carbocycles. The fraction of sp³-hybridized carbons (Fsp3) is 0.524. The third kappa shape index (κ3) is 3.59. The van der Waals surface area contributed by atoms with E-state index in [0.29, 0.717) is 24.5 Å². The Morgan fingerprint density at radius 3 is 2.45 bits per heavy atom. The van der Waals surface area contributed by atoms with E-state index in [1.165, 1.54) is 0 Å². The average molecular weight is 396 g/mol. The van der Waals surface area contributed by atoms with E-state index in [0.717, 1.165) is 46.7 Å². The maximum absolute atomic E-state index is 13.5. The first-order chi connectivity index (χ1) is 13.8. The third-order valence-corrected chi connectivity index (χ3v) is 5.83. The first-order valence-corrected chi connectivity index (χ1v) is 10.0. The van der Waals surface area contributed by atoms with E-state index < -0.39 is 0 Å². The van der Waals surface area contributed by atoms with E-state index in [-0.39, 0.29) is 11.9 Å². The van der Waals surface area contributed by atoms with Crippen LogP contribution in [0.3, 0.4) is 0 Å². The summed E-state index contributed by atoms with van der Waals surface area (Å²) in [5.41, 5.74) is 6.33. The van der Waals surface area contributed by atoms with E-state index in [9.17, 15) is 4.79 Å². The summed E-state index contributed by atoms with van der Waals surface area (Å²) >= 11 is 0. The van der Waals surface area contributed by atoms with Crippen LogP contribution in [0.5, 0.6) is 0 Å². The lowest BCUT2D eigenvalue weighted by Crippen LogP contribution is -2.34. The molecule has 8 nitrogen and oxygen atoms in total. The fourth-order valence-corrected chi connectivity index (χ4v) is 3.84. The van der Waals surface area contributed by atoms with Gasteiger partial charge in [0.15, 0.2) is 5.69 Å². The van der Waals surface area contributed by atoms with E-state index in [4.69, 9.17) is 4.52 Å². The number of carbonyl (C=O) groups is 1. The van der Waals surface area contributed by atoms with Gasteiger partial charge in [-0.25, -0.2) is 0 Å². The molecule has 0 saturated heterocycles. The van der Waals surface area contributed by atoms with Gasteiger partial charge in [0.1, 0.15) is 5.76 Å². The molecule has 29 heavy (non-hydrogen) atoms. The lowest BCUT2D eigenvalue weighted by molar-refractivity contribution is 0.0717. The molecule has 3 heterocycles. The standard InChI is InChI=1S/C21H28N6O2/c1-12-9-13(2)27(22-12)11-19-16(5)29-24-20(19)21(28)26(17-7-8-17)10-18-14(3)23-25(6)15(18)4/h9,17H,7-8,10-11H2,1-6H3. The van der Waals surface area contributed by atoms with Gasteiger partial charge in [0, 0.05) is 42.1 Å². The van der Waals surface area contributed by atoms with Crippen LogP contribution in [-0.2, 0) is 20.1 Å². The average Bonchev–Trinajstić information content (AvgIpc) is 3.30. The summed E-state index contributed by atoms with van der Waals surface area (Å²) in [6, 6.07) is 2.27. The molecule has 4 rings (SSSR count). The summed E-state index contributed by atoms with van der Waals surface area (Å²) < 4.78 is 9.19. The number of carbonyl (C=O) groups excluding carboxylic acids is 1. The molecule has 0 aromatic carbocycles. The Bertz CT molecular complexity index is 1070. The first kappa shape index (κ1) is 19.4. The number of hydrogen-bond acceptors (Lipinski definition) is 5. The van der Waals surface area contributed by atoms with Crippen LogP contribution in [0.4, 0.5) is 0 Å². The van der Waals surface area contributed by atoms with Crippen molar-refractivity contribution in [2.75, 3.05) is 0 Å². The number of nitrogens with zero attached hydrogens (tertiary/aromatic N) is 6. The Kier molecular flexibility index (Phi) is 4.80. The normalized spacial score (nSPS) is 13.9. The molecule has 0 N–H and O–H groups in total. The molecule has 1 amide bonds. The van der Waals surface area contributed by atoms with E-state index in [2.05, 4.69) is 15.4 Å².